The number of carbonyl (C=O) groups is 1. The number of halogens is 2. The number of carbonyl (C=O) groups excluding carboxylic acids is 1. The van der Waals surface area contributed by atoms with Crippen LogP contribution in [0.15, 0.2) is 53.3 Å². The first-order chi connectivity index (χ1) is 12.8. The van der Waals surface area contributed by atoms with Gasteiger partial charge in [-0.25, -0.2) is 4.98 Å². The molecule has 5 nitrogen and oxygen atoms in total. The molecule has 140 valence electrons. The number of alkyl halides is 1. The standard InChI is InChI=1S/C20H19Cl2N3O2/c1-12(24(2)20(27)17(22)13-7-5-4-6-8-13)18-23-16-11-14(21)9-10-15(16)19(26)25(18)3/h4-12,17H,1-3H3. The van der Waals surface area contributed by atoms with Gasteiger partial charge in [-0.05, 0) is 30.7 Å². The zero-order valence-electron chi connectivity index (χ0n) is 15.2. The third-order valence-electron chi connectivity index (χ3n) is 4.68. The Kier molecular flexibility index (Phi) is 5.53. The van der Waals surface area contributed by atoms with Crippen LogP contribution in [0.4, 0.5) is 0 Å². The molecule has 1 aromatic heterocycles. The Bertz CT molecular complexity index is 1050. The van der Waals surface area contributed by atoms with Crippen LogP contribution in [-0.4, -0.2) is 27.4 Å². The third-order valence-corrected chi connectivity index (χ3v) is 5.36. The molecule has 27 heavy (non-hydrogen) atoms. The van der Waals surface area contributed by atoms with Crippen molar-refractivity contribution in [3.05, 3.63) is 75.3 Å². The maximum atomic E-state index is 12.8. The Morgan fingerprint density at radius 3 is 2.52 bits per heavy atom. The molecule has 0 radical (unpaired) electrons. The molecule has 7 heteroatoms. The van der Waals surface area contributed by atoms with E-state index in [-0.39, 0.29) is 11.5 Å². The van der Waals surface area contributed by atoms with Crippen LogP contribution in [-0.2, 0) is 11.8 Å². The summed E-state index contributed by atoms with van der Waals surface area (Å²) in [5.74, 6) is 0.193. The van der Waals surface area contributed by atoms with E-state index in [1.165, 1.54) is 9.47 Å². The van der Waals surface area contributed by atoms with Crippen LogP contribution in [0.25, 0.3) is 10.9 Å². The number of aromatic nitrogens is 2. The number of likely N-dealkylation sites (N-methyl/N-ethyl adjacent to an activating group) is 1. The van der Waals surface area contributed by atoms with E-state index >= 15 is 0 Å². The normalized spacial score (nSPS) is 13.4. The van der Waals surface area contributed by atoms with Crippen molar-refractivity contribution in [2.75, 3.05) is 7.05 Å². The molecule has 0 aliphatic rings. The fraction of sp³-hybridized carbons (Fsp3) is 0.250. The summed E-state index contributed by atoms with van der Waals surface area (Å²) in [5.41, 5.74) is 1.03. The van der Waals surface area contributed by atoms with Gasteiger partial charge in [0.05, 0.1) is 16.9 Å². The minimum Gasteiger partial charge on any atom is -0.334 e. The van der Waals surface area contributed by atoms with Gasteiger partial charge in [0, 0.05) is 19.1 Å². The highest BCUT2D eigenvalue weighted by molar-refractivity contribution is 6.31. The molecule has 3 rings (SSSR count). The predicted molar refractivity (Wildman–Crippen MR) is 108 cm³/mol. The first kappa shape index (κ1) is 19.4. The van der Waals surface area contributed by atoms with Crippen LogP contribution in [0.2, 0.25) is 5.02 Å². The van der Waals surface area contributed by atoms with Crippen molar-refractivity contribution in [3.8, 4) is 0 Å². The average molecular weight is 404 g/mol. The molecule has 0 saturated heterocycles. The first-order valence-electron chi connectivity index (χ1n) is 8.43. The monoisotopic (exact) mass is 403 g/mol. The molecular formula is C20H19Cl2N3O2. The number of benzene rings is 2. The second-order valence-electron chi connectivity index (χ2n) is 6.39. The lowest BCUT2D eigenvalue weighted by Gasteiger charge is -2.28. The van der Waals surface area contributed by atoms with Gasteiger partial charge in [-0.3, -0.25) is 14.2 Å². The topological polar surface area (TPSA) is 55.2 Å². The number of hydrogen-bond acceptors (Lipinski definition) is 3. The van der Waals surface area contributed by atoms with Gasteiger partial charge in [0.1, 0.15) is 11.2 Å². The molecule has 2 aromatic carbocycles. The van der Waals surface area contributed by atoms with E-state index in [9.17, 15) is 9.59 Å². The second-order valence-corrected chi connectivity index (χ2v) is 7.27. The van der Waals surface area contributed by atoms with Crippen LogP contribution < -0.4 is 5.56 Å². The van der Waals surface area contributed by atoms with Crippen LogP contribution in [0.1, 0.15) is 29.7 Å². The Morgan fingerprint density at radius 1 is 1.19 bits per heavy atom. The van der Waals surface area contributed by atoms with E-state index in [0.29, 0.717) is 21.7 Å². The van der Waals surface area contributed by atoms with E-state index in [0.717, 1.165) is 5.56 Å². The largest absolute Gasteiger partial charge is 0.334 e. The Hall–Kier alpha value is -2.37. The van der Waals surface area contributed by atoms with Crippen molar-refractivity contribution in [2.24, 2.45) is 7.05 Å². The summed E-state index contributed by atoms with van der Waals surface area (Å²) in [6, 6.07) is 13.6. The number of nitrogens with zero attached hydrogens (tertiary/aromatic N) is 3. The molecule has 0 fully saturated rings. The molecule has 1 amide bonds. The lowest BCUT2D eigenvalue weighted by molar-refractivity contribution is -0.131. The van der Waals surface area contributed by atoms with Gasteiger partial charge >= 0.3 is 0 Å². The van der Waals surface area contributed by atoms with Gasteiger partial charge in [0.25, 0.3) is 5.56 Å². The molecule has 3 aromatic rings. The third kappa shape index (κ3) is 3.70. The molecular weight excluding hydrogens is 385 g/mol. The highest BCUT2D eigenvalue weighted by atomic mass is 35.5. The maximum absolute atomic E-state index is 12.8. The predicted octanol–water partition coefficient (Wildman–Crippen LogP) is 4.09. The van der Waals surface area contributed by atoms with Gasteiger partial charge in [0.2, 0.25) is 5.91 Å². The van der Waals surface area contributed by atoms with Crippen LogP contribution in [0.3, 0.4) is 0 Å². The number of rotatable bonds is 4. The highest BCUT2D eigenvalue weighted by Crippen LogP contribution is 2.27. The van der Waals surface area contributed by atoms with Crippen molar-refractivity contribution in [1.82, 2.24) is 14.5 Å². The van der Waals surface area contributed by atoms with Gasteiger partial charge in [-0.2, -0.15) is 0 Å². The minimum atomic E-state index is -0.814. The molecule has 0 saturated carbocycles. The maximum Gasteiger partial charge on any atom is 0.261 e. The molecule has 0 aliphatic heterocycles. The second kappa shape index (κ2) is 7.71. The van der Waals surface area contributed by atoms with Gasteiger partial charge in [-0.1, -0.05) is 41.9 Å². The van der Waals surface area contributed by atoms with Gasteiger partial charge in [0.15, 0.2) is 0 Å². The lowest BCUT2D eigenvalue weighted by atomic mass is 10.1. The minimum absolute atomic E-state index is 0.190. The summed E-state index contributed by atoms with van der Waals surface area (Å²) < 4.78 is 1.45. The summed E-state index contributed by atoms with van der Waals surface area (Å²) in [7, 11) is 3.29. The molecule has 0 aliphatic carbocycles. The highest BCUT2D eigenvalue weighted by Gasteiger charge is 2.27. The smallest absolute Gasteiger partial charge is 0.261 e. The molecule has 2 unspecified atom stereocenters. The van der Waals surface area contributed by atoms with Gasteiger partial charge in [-0.15, -0.1) is 11.6 Å². The summed E-state index contributed by atoms with van der Waals surface area (Å²) in [5, 5.41) is 0.160. The van der Waals surface area contributed by atoms with E-state index in [4.69, 9.17) is 23.2 Å². The SMILES string of the molecule is CC(c1nc2cc(Cl)ccc2c(=O)n1C)N(C)C(=O)C(Cl)c1ccccc1. The van der Waals surface area contributed by atoms with Crippen LogP contribution in [0, 0.1) is 0 Å². The van der Waals surface area contributed by atoms with Crippen LogP contribution in [0.5, 0.6) is 0 Å². The van der Waals surface area contributed by atoms with Crippen molar-refractivity contribution >= 4 is 40.0 Å². The van der Waals surface area contributed by atoms with Crippen molar-refractivity contribution in [3.63, 3.8) is 0 Å². The Balaban J connectivity index is 1.97. The van der Waals surface area contributed by atoms with E-state index in [2.05, 4.69) is 4.98 Å². The summed E-state index contributed by atoms with van der Waals surface area (Å²) in [6.45, 7) is 1.81. The Morgan fingerprint density at radius 2 is 1.85 bits per heavy atom. The number of amides is 1. The molecule has 2 atom stereocenters. The summed E-state index contributed by atoms with van der Waals surface area (Å²) in [6.07, 6.45) is 0. The van der Waals surface area contributed by atoms with E-state index < -0.39 is 11.4 Å². The fourth-order valence-electron chi connectivity index (χ4n) is 2.94. The Labute approximate surface area is 167 Å². The van der Waals surface area contributed by atoms with E-state index in [1.807, 2.05) is 25.1 Å². The van der Waals surface area contributed by atoms with E-state index in [1.54, 1.807) is 44.4 Å². The molecule has 0 bridgehead atoms. The summed E-state index contributed by atoms with van der Waals surface area (Å²) >= 11 is 12.4. The zero-order valence-corrected chi connectivity index (χ0v) is 16.7. The fourth-order valence-corrected chi connectivity index (χ4v) is 3.41. The molecule has 0 spiro atoms. The van der Waals surface area contributed by atoms with Crippen molar-refractivity contribution in [2.45, 2.75) is 18.3 Å². The molecule has 1 heterocycles. The number of hydrogen-bond donors (Lipinski definition) is 0. The quantitative estimate of drug-likeness (QED) is 0.616. The first-order valence-corrected chi connectivity index (χ1v) is 9.24. The number of fused-ring (bicyclic) bond motifs is 1. The average Bonchev–Trinajstić information content (AvgIpc) is 2.69. The van der Waals surface area contributed by atoms with Crippen LogP contribution >= 0.6 is 23.2 Å². The summed E-state index contributed by atoms with van der Waals surface area (Å²) in [4.78, 5) is 31.6. The van der Waals surface area contributed by atoms with Crippen molar-refractivity contribution < 1.29 is 4.79 Å². The van der Waals surface area contributed by atoms with Gasteiger partial charge < -0.3 is 4.90 Å². The molecule has 0 N–H and O–H groups in total. The lowest BCUT2D eigenvalue weighted by Crippen LogP contribution is -2.36. The zero-order chi connectivity index (χ0) is 19.7. The van der Waals surface area contributed by atoms with Crippen molar-refractivity contribution in [1.29, 1.82) is 0 Å².